The number of nitrogens with one attached hydrogen (secondary N) is 1. The average Bonchev–Trinajstić information content (AvgIpc) is 2.78. The van der Waals surface area contributed by atoms with Crippen molar-refractivity contribution in [3.8, 4) is 23.7 Å². The van der Waals surface area contributed by atoms with E-state index in [0.29, 0.717) is 17.9 Å². The van der Waals surface area contributed by atoms with Gasteiger partial charge < -0.3 is 15.0 Å². The predicted molar refractivity (Wildman–Crippen MR) is 126 cm³/mol. The molecule has 1 aliphatic rings. The van der Waals surface area contributed by atoms with Gasteiger partial charge >= 0.3 is 0 Å². The Morgan fingerprint density at radius 1 is 1.12 bits per heavy atom. The molecule has 2 heterocycles. The number of aromatic nitrogens is 2. The van der Waals surface area contributed by atoms with E-state index < -0.39 is 0 Å². The van der Waals surface area contributed by atoms with Gasteiger partial charge in [-0.3, -0.25) is 4.90 Å². The van der Waals surface area contributed by atoms with Gasteiger partial charge in [-0.05, 0) is 30.2 Å². The van der Waals surface area contributed by atoms with Crippen molar-refractivity contribution in [2.24, 2.45) is 5.41 Å². The smallest absolute Gasteiger partial charge is 0.234 e. The number of hydrogen-bond acceptors (Lipinski definition) is 7. The second kappa shape index (κ2) is 10.9. The van der Waals surface area contributed by atoms with E-state index in [-0.39, 0.29) is 17.8 Å². The molecular formula is C25H32N6O. The SMILES string of the molecule is CN1CCN(Cc2ccc(OCC#Cc3cnc(C#N)nc3NCC(C)(C)C)cc2)CC1. The van der Waals surface area contributed by atoms with Gasteiger partial charge in [-0.2, -0.15) is 5.26 Å². The third-order valence-corrected chi connectivity index (χ3v) is 5.13. The number of benzene rings is 1. The lowest BCUT2D eigenvalue weighted by Gasteiger charge is -2.32. The highest BCUT2D eigenvalue weighted by Gasteiger charge is 2.14. The number of ether oxygens (including phenoxy) is 1. The monoisotopic (exact) mass is 432 g/mol. The molecule has 168 valence electrons. The molecule has 7 heteroatoms. The fourth-order valence-electron chi connectivity index (χ4n) is 3.22. The van der Waals surface area contributed by atoms with E-state index in [9.17, 15) is 0 Å². The van der Waals surface area contributed by atoms with E-state index in [1.54, 1.807) is 6.20 Å². The van der Waals surface area contributed by atoms with Gasteiger partial charge in [0.25, 0.3) is 0 Å². The number of anilines is 1. The minimum atomic E-state index is 0.0715. The zero-order chi connectivity index (χ0) is 23.0. The van der Waals surface area contributed by atoms with E-state index >= 15 is 0 Å². The Bertz CT molecular complexity index is 986. The van der Waals surface area contributed by atoms with E-state index in [1.807, 2.05) is 18.2 Å². The number of piperazine rings is 1. The highest BCUT2D eigenvalue weighted by atomic mass is 16.5. The molecule has 3 rings (SSSR count). The lowest BCUT2D eigenvalue weighted by molar-refractivity contribution is 0.148. The van der Waals surface area contributed by atoms with Crippen molar-refractivity contribution in [2.75, 3.05) is 51.7 Å². The third-order valence-electron chi connectivity index (χ3n) is 5.13. The van der Waals surface area contributed by atoms with Crippen LogP contribution in [0.2, 0.25) is 0 Å². The predicted octanol–water partition coefficient (Wildman–Crippen LogP) is 2.98. The number of hydrogen-bond donors (Lipinski definition) is 1. The van der Waals surface area contributed by atoms with Crippen molar-refractivity contribution in [3.05, 3.63) is 47.4 Å². The Kier molecular flexibility index (Phi) is 8.05. The number of likely N-dealkylation sites (N-methyl/N-ethyl adjacent to an activating group) is 1. The maximum Gasteiger partial charge on any atom is 0.234 e. The van der Waals surface area contributed by atoms with E-state index in [0.717, 1.165) is 38.5 Å². The summed E-state index contributed by atoms with van der Waals surface area (Å²) in [6.07, 6.45) is 1.58. The van der Waals surface area contributed by atoms with Gasteiger partial charge in [-0.25, -0.2) is 9.97 Å². The maximum absolute atomic E-state index is 9.08. The standard InChI is InChI=1S/C25H32N6O/c1-25(2,3)19-28-24-21(17-27-23(16-26)29-24)6-5-15-32-22-9-7-20(8-10-22)18-31-13-11-30(4)12-14-31/h7-10,17H,11-15,18-19H2,1-4H3,(H,27,28,29). The van der Waals surface area contributed by atoms with Crippen LogP contribution in [0, 0.1) is 28.6 Å². The minimum absolute atomic E-state index is 0.0715. The Morgan fingerprint density at radius 2 is 1.84 bits per heavy atom. The van der Waals surface area contributed by atoms with Crippen LogP contribution >= 0.6 is 0 Å². The van der Waals surface area contributed by atoms with E-state index in [2.05, 4.69) is 76.9 Å². The van der Waals surface area contributed by atoms with Gasteiger partial charge in [0.15, 0.2) is 0 Å². The molecule has 1 aliphatic heterocycles. The van der Waals surface area contributed by atoms with Gasteiger partial charge in [0.1, 0.15) is 24.2 Å². The molecule has 1 fully saturated rings. The fraction of sp³-hybridized carbons (Fsp3) is 0.480. The summed E-state index contributed by atoms with van der Waals surface area (Å²) in [5.74, 6) is 7.58. The summed E-state index contributed by atoms with van der Waals surface area (Å²) in [5.41, 5.74) is 2.01. The molecule has 0 saturated carbocycles. The molecule has 0 radical (unpaired) electrons. The molecule has 1 aromatic heterocycles. The van der Waals surface area contributed by atoms with Crippen LogP contribution in [0.25, 0.3) is 0 Å². The van der Waals surface area contributed by atoms with Crippen molar-refractivity contribution >= 4 is 5.82 Å². The van der Waals surface area contributed by atoms with Crippen molar-refractivity contribution < 1.29 is 4.74 Å². The molecule has 0 aliphatic carbocycles. The molecule has 0 amide bonds. The van der Waals surface area contributed by atoms with Gasteiger partial charge in [0, 0.05) is 45.5 Å². The van der Waals surface area contributed by atoms with Crippen LogP contribution < -0.4 is 10.1 Å². The van der Waals surface area contributed by atoms with Crippen LogP contribution in [-0.2, 0) is 6.54 Å². The van der Waals surface area contributed by atoms with Crippen LogP contribution in [0.1, 0.15) is 37.7 Å². The lowest BCUT2D eigenvalue weighted by Crippen LogP contribution is -2.43. The first-order valence-corrected chi connectivity index (χ1v) is 10.9. The molecule has 2 aromatic rings. The molecule has 0 spiro atoms. The van der Waals surface area contributed by atoms with Gasteiger partial charge in [0.2, 0.25) is 5.82 Å². The van der Waals surface area contributed by atoms with Crippen LogP contribution in [0.5, 0.6) is 5.75 Å². The van der Waals surface area contributed by atoms with Crippen LogP contribution in [0.15, 0.2) is 30.5 Å². The normalized spacial score (nSPS) is 14.8. The summed E-state index contributed by atoms with van der Waals surface area (Å²) in [6, 6.07) is 10.2. The Hall–Kier alpha value is -3.13. The number of rotatable bonds is 6. The zero-order valence-electron chi connectivity index (χ0n) is 19.5. The first-order chi connectivity index (χ1) is 15.3. The molecule has 0 bridgehead atoms. The topological polar surface area (TPSA) is 77.3 Å². The summed E-state index contributed by atoms with van der Waals surface area (Å²) in [4.78, 5) is 13.1. The first kappa shape index (κ1) is 23.5. The molecule has 1 aromatic carbocycles. The second-order valence-electron chi connectivity index (χ2n) is 9.30. The summed E-state index contributed by atoms with van der Waals surface area (Å²) in [6.45, 7) is 12.8. The van der Waals surface area contributed by atoms with Crippen LogP contribution in [0.3, 0.4) is 0 Å². The van der Waals surface area contributed by atoms with Crippen LogP contribution in [-0.4, -0.2) is 66.1 Å². The highest BCUT2D eigenvalue weighted by molar-refractivity contribution is 5.53. The third kappa shape index (κ3) is 7.53. The van der Waals surface area contributed by atoms with Crippen molar-refractivity contribution in [2.45, 2.75) is 27.3 Å². The summed E-state index contributed by atoms with van der Waals surface area (Å²) < 4.78 is 5.78. The Labute approximate surface area is 191 Å². The van der Waals surface area contributed by atoms with Gasteiger partial charge in [-0.1, -0.05) is 44.7 Å². The largest absolute Gasteiger partial charge is 0.481 e. The summed E-state index contributed by atoms with van der Waals surface area (Å²) >= 11 is 0. The Balaban J connectivity index is 1.54. The first-order valence-electron chi connectivity index (χ1n) is 10.9. The van der Waals surface area contributed by atoms with Crippen molar-refractivity contribution in [3.63, 3.8) is 0 Å². The summed E-state index contributed by atoms with van der Waals surface area (Å²) in [7, 11) is 2.17. The molecule has 32 heavy (non-hydrogen) atoms. The lowest BCUT2D eigenvalue weighted by atomic mass is 9.97. The molecule has 0 unspecified atom stereocenters. The number of nitriles is 1. The van der Waals surface area contributed by atoms with Crippen LogP contribution in [0.4, 0.5) is 5.82 Å². The molecule has 0 atom stereocenters. The van der Waals surface area contributed by atoms with Gasteiger partial charge in [0.05, 0.1) is 5.56 Å². The minimum Gasteiger partial charge on any atom is -0.481 e. The molecule has 7 nitrogen and oxygen atoms in total. The molecule has 1 saturated heterocycles. The van der Waals surface area contributed by atoms with Crippen molar-refractivity contribution in [1.82, 2.24) is 19.8 Å². The maximum atomic E-state index is 9.08. The number of nitrogens with zero attached hydrogens (tertiary/aromatic N) is 5. The quantitative estimate of drug-likeness (QED) is 0.703. The summed E-state index contributed by atoms with van der Waals surface area (Å²) in [5, 5.41) is 12.4. The fourth-order valence-corrected chi connectivity index (χ4v) is 3.22. The Morgan fingerprint density at radius 3 is 2.50 bits per heavy atom. The zero-order valence-corrected chi connectivity index (χ0v) is 19.5. The van der Waals surface area contributed by atoms with E-state index in [4.69, 9.17) is 10.00 Å². The van der Waals surface area contributed by atoms with Crippen molar-refractivity contribution in [1.29, 1.82) is 5.26 Å². The second-order valence-corrected chi connectivity index (χ2v) is 9.30. The molecular weight excluding hydrogens is 400 g/mol. The highest BCUT2D eigenvalue weighted by Crippen LogP contribution is 2.17. The van der Waals surface area contributed by atoms with E-state index in [1.165, 1.54) is 5.56 Å². The average molecular weight is 433 g/mol. The van der Waals surface area contributed by atoms with Gasteiger partial charge in [-0.15, -0.1) is 0 Å². The molecule has 1 N–H and O–H groups in total.